The molecule has 1 heterocycles. The van der Waals surface area contributed by atoms with Crippen molar-refractivity contribution in [3.63, 3.8) is 0 Å². The summed E-state index contributed by atoms with van der Waals surface area (Å²) in [7, 11) is 0. The van der Waals surface area contributed by atoms with E-state index in [9.17, 15) is 4.79 Å². The molecule has 0 saturated heterocycles. The lowest BCUT2D eigenvalue weighted by Gasteiger charge is -2.04. The molecular formula is C23H35NO2. The highest BCUT2D eigenvalue weighted by Crippen LogP contribution is 2.07. The fraction of sp³-hybridized carbons (Fsp3) is 0.565. The first-order chi connectivity index (χ1) is 12.8. The van der Waals surface area contributed by atoms with Crippen LogP contribution in [0.5, 0.6) is 0 Å². The molecule has 0 atom stereocenters. The lowest BCUT2D eigenvalue weighted by Crippen LogP contribution is -2.04. The smallest absolute Gasteiger partial charge is 0.306 e. The Balaban J connectivity index is 1.89. The SMILES string of the molecule is CCCCCC/C=C\C/C=C\CCCCCC(=O)OCc1cccnc1. The van der Waals surface area contributed by atoms with E-state index in [0.717, 1.165) is 37.7 Å². The van der Waals surface area contributed by atoms with Crippen molar-refractivity contribution < 1.29 is 9.53 Å². The summed E-state index contributed by atoms with van der Waals surface area (Å²) in [5.74, 6) is -0.117. The van der Waals surface area contributed by atoms with Crippen LogP contribution in [0.4, 0.5) is 0 Å². The van der Waals surface area contributed by atoms with Gasteiger partial charge in [0.1, 0.15) is 6.61 Å². The van der Waals surface area contributed by atoms with Crippen LogP contribution in [0.15, 0.2) is 48.8 Å². The van der Waals surface area contributed by atoms with Crippen molar-refractivity contribution in [1.82, 2.24) is 4.98 Å². The van der Waals surface area contributed by atoms with Crippen LogP contribution in [0.25, 0.3) is 0 Å². The third-order valence-electron chi connectivity index (χ3n) is 4.20. The van der Waals surface area contributed by atoms with Gasteiger partial charge in [-0.25, -0.2) is 0 Å². The quantitative estimate of drug-likeness (QED) is 0.203. The third-order valence-corrected chi connectivity index (χ3v) is 4.20. The number of rotatable bonds is 15. The number of ether oxygens (including phenoxy) is 1. The van der Waals surface area contributed by atoms with Crippen molar-refractivity contribution >= 4 is 5.97 Å². The highest BCUT2D eigenvalue weighted by atomic mass is 16.5. The molecule has 0 bridgehead atoms. The molecule has 3 heteroatoms. The lowest BCUT2D eigenvalue weighted by molar-refractivity contribution is -0.145. The second-order valence-corrected chi connectivity index (χ2v) is 6.65. The molecule has 0 aliphatic heterocycles. The Morgan fingerprint density at radius 3 is 2.38 bits per heavy atom. The Bertz CT molecular complexity index is 508. The van der Waals surface area contributed by atoms with Crippen molar-refractivity contribution in [3.8, 4) is 0 Å². The first-order valence-corrected chi connectivity index (χ1v) is 10.2. The Morgan fingerprint density at radius 2 is 1.73 bits per heavy atom. The van der Waals surface area contributed by atoms with Gasteiger partial charge in [0.15, 0.2) is 0 Å². The molecule has 0 amide bonds. The lowest BCUT2D eigenvalue weighted by atomic mass is 10.1. The molecule has 1 aromatic heterocycles. The topological polar surface area (TPSA) is 39.2 Å². The standard InChI is InChI=1S/C23H35NO2/c1-2-3-4-5-6-7-8-9-10-11-12-13-14-15-18-23(25)26-21-22-17-16-19-24-20-22/h7-8,10-11,16-17,19-20H,2-6,9,12-15,18,21H2,1H3/b8-7-,11-10-. The van der Waals surface area contributed by atoms with E-state index in [1.54, 1.807) is 12.4 Å². The molecule has 0 aromatic carbocycles. The van der Waals surface area contributed by atoms with Gasteiger partial charge < -0.3 is 4.74 Å². The minimum Gasteiger partial charge on any atom is -0.461 e. The number of esters is 1. The molecule has 3 nitrogen and oxygen atoms in total. The molecule has 0 fully saturated rings. The zero-order valence-electron chi connectivity index (χ0n) is 16.4. The van der Waals surface area contributed by atoms with E-state index in [-0.39, 0.29) is 5.97 Å². The number of carbonyl (C=O) groups is 1. The Kier molecular flexibility index (Phi) is 14.1. The van der Waals surface area contributed by atoms with Crippen molar-refractivity contribution in [2.75, 3.05) is 0 Å². The second kappa shape index (κ2) is 16.6. The maximum atomic E-state index is 11.7. The molecule has 0 unspecified atom stereocenters. The Hall–Kier alpha value is -1.90. The highest BCUT2D eigenvalue weighted by molar-refractivity contribution is 5.69. The highest BCUT2D eigenvalue weighted by Gasteiger charge is 2.02. The van der Waals surface area contributed by atoms with E-state index < -0.39 is 0 Å². The van der Waals surface area contributed by atoms with E-state index >= 15 is 0 Å². The summed E-state index contributed by atoms with van der Waals surface area (Å²) in [6.45, 7) is 2.57. The monoisotopic (exact) mass is 357 g/mol. The first kappa shape index (κ1) is 22.1. The number of unbranched alkanes of at least 4 members (excludes halogenated alkanes) is 7. The molecular weight excluding hydrogens is 322 g/mol. The van der Waals surface area contributed by atoms with Gasteiger partial charge in [0.25, 0.3) is 0 Å². The summed E-state index contributed by atoms with van der Waals surface area (Å²) >= 11 is 0. The van der Waals surface area contributed by atoms with Crippen molar-refractivity contribution in [3.05, 3.63) is 54.4 Å². The maximum Gasteiger partial charge on any atom is 0.306 e. The molecule has 0 spiro atoms. The summed E-state index contributed by atoms with van der Waals surface area (Å²) < 4.78 is 5.24. The van der Waals surface area contributed by atoms with E-state index in [1.807, 2.05) is 12.1 Å². The first-order valence-electron chi connectivity index (χ1n) is 10.2. The number of hydrogen-bond acceptors (Lipinski definition) is 3. The number of pyridine rings is 1. The summed E-state index contributed by atoms with van der Waals surface area (Å²) in [5, 5.41) is 0. The average Bonchev–Trinajstić information content (AvgIpc) is 2.67. The summed E-state index contributed by atoms with van der Waals surface area (Å²) in [6, 6.07) is 3.76. The predicted octanol–water partition coefficient (Wildman–Crippen LogP) is 6.55. The fourth-order valence-electron chi connectivity index (χ4n) is 2.62. The second-order valence-electron chi connectivity index (χ2n) is 6.65. The molecule has 0 aliphatic rings. The number of hydrogen-bond donors (Lipinski definition) is 0. The van der Waals surface area contributed by atoms with Crippen molar-refractivity contribution in [2.45, 2.75) is 84.2 Å². The Morgan fingerprint density at radius 1 is 1.00 bits per heavy atom. The van der Waals surface area contributed by atoms with E-state index in [1.165, 1.54) is 32.1 Å². The molecule has 144 valence electrons. The number of aromatic nitrogens is 1. The average molecular weight is 358 g/mol. The number of carbonyl (C=O) groups excluding carboxylic acids is 1. The van der Waals surface area contributed by atoms with Gasteiger partial charge in [-0.1, -0.05) is 63.0 Å². The number of allylic oxidation sites excluding steroid dienone is 4. The zero-order chi connectivity index (χ0) is 18.7. The molecule has 0 aliphatic carbocycles. The van der Waals surface area contributed by atoms with Gasteiger partial charge in [-0.2, -0.15) is 0 Å². The normalized spacial score (nSPS) is 11.4. The van der Waals surface area contributed by atoms with Crippen LogP contribution in [-0.4, -0.2) is 11.0 Å². The summed E-state index contributed by atoms with van der Waals surface area (Å²) in [4.78, 5) is 15.7. The molecule has 1 aromatic rings. The Labute approximate surface area is 159 Å². The maximum absolute atomic E-state index is 11.7. The van der Waals surface area contributed by atoms with Crippen molar-refractivity contribution in [1.29, 1.82) is 0 Å². The van der Waals surface area contributed by atoms with Gasteiger partial charge in [-0.15, -0.1) is 0 Å². The van der Waals surface area contributed by atoms with E-state index in [2.05, 4.69) is 36.2 Å². The van der Waals surface area contributed by atoms with E-state index in [0.29, 0.717) is 13.0 Å². The van der Waals surface area contributed by atoms with Crippen LogP contribution in [-0.2, 0) is 16.1 Å². The minimum atomic E-state index is -0.117. The molecule has 26 heavy (non-hydrogen) atoms. The van der Waals surface area contributed by atoms with Crippen LogP contribution < -0.4 is 0 Å². The minimum absolute atomic E-state index is 0.117. The van der Waals surface area contributed by atoms with Crippen LogP contribution in [0.1, 0.15) is 83.1 Å². The van der Waals surface area contributed by atoms with Gasteiger partial charge >= 0.3 is 5.97 Å². The van der Waals surface area contributed by atoms with Gasteiger partial charge in [0, 0.05) is 24.4 Å². The van der Waals surface area contributed by atoms with E-state index in [4.69, 9.17) is 4.74 Å². The third kappa shape index (κ3) is 13.4. The largest absolute Gasteiger partial charge is 0.461 e. The summed E-state index contributed by atoms with van der Waals surface area (Å²) in [6.07, 6.45) is 24.8. The predicted molar refractivity (Wildman–Crippen MR) is 109 cm³/mol. The number of nitrogens with zero attached hydrogens (tertiary/aromatic N) is 1. The van der Waals surface area contributed by atoms with Crippen LogP contribution in [0.3, 0.4) is 0 Å². The molecule has 1 rings (SSSR count). The molecule has 0 radical (unpaired) electrons. The molecule has 0 N–H and O–H groups in total. The van der Waals surface area contributed by atoms with Gasteiger partial charge in [0.05, 0.1) is 0 Å². The van der Waals surface area contributed by atoms with Gasteiger partial charge in [0.2, 0.25) is 0 Å². The van der Waals surface area contributed by atoms with Crippen LogP contribution >= 0.6 is 0 Å². The fourth-order valence-corrected chi connectivity index (χ4v) is 2.62. The van der Waals surface area contributed by atoms with Crippen LogP contribution in [0, 0.1) is 0 Å². The van der Waals surface area contributed by atoms with Crippen molar-refractivity contribution in [2.24, 2.45) is 0 Å². The van der Waals surface area contributed by atoms with Gasteiger partial charge in [-0.05, 0) is 44.6 Å². The summed E-state index contributed by atoms with van der Waals surface area (Å²) in [5.41, 5.74) is 0.931. The van der Waals surface area contributed by atoms with Crippen LogP contribution in [0.2, 0.25) is 0 Å². The van der Waals surface area contributed by atoms with Gasteiger partial charge in [-0.3, -0.25) is 9.78 Å². The zero-order valence-corrected chi connectivity index (χ0v) is 16.4. The molecule has 0 saturated carbocycles.